The first-order chi connectivity index (χ1) is 6.22. The molecule has 1 saturated heterocycles. The van der Waals surface area contributed by atoms with Crippen molar-refractivity contribution in [2.24, 2.45) is 5.92 Å². The molecule has 1 aliphatic heterocycles. The van der Waals surface area contributed by atoms with E-state index in [1.54, 1.807) is 0 Å². The van der Waals surface area contributed by atoms with Crippen LogP contribution >= 0.6 is 22.6 Å². The van der Waals surface area contributed by atoms with Gasteiger partial charge in [0.25, 0.3) is 0 Å². The summed E-state index contributed by atoms with van der Waals surface area (Å²) in [6.07, 6.45) is 8.71. The van der Waals surface area contributed by atoms with Gasteiger partial charge in [0.05, 0.1) is 11.7 Å². The minimum Gasteiger partial charge on any atom is -0.371 e. The van der Waals surface area contributed by atoms with Crippen molar-refractivity contribution < 1.29 is 4.74 Å². The van der Waals surface area contributed by atoms with Gasteiger partial charge in [-0.3, -0.25) is 0 Å². The molecule has 0 aromatic heterocycles. The van der Waals surface area contributed by atoms with Gasteiger partial charge in [-0.05, 0) is 38.5 Å². The summed E-state index contributed by atoms with van der Waals surface area (Å²) in [4.78, 5) is 0. The number of hydrogen-bond donors (Lipinski definition) is 0. The second-order valence-electron chi connectivity index (χ2n) is 4.88. The first kappa shape index (κ1) is 10.2. The fourth-order valence-corrected chi connectivity index (χ4v) is 3.04. The highest BCUT2D eigenvalue weighted by atomic mass is 127. The van der Waals surface area contributed by atoms with Gasteiger partial charge in [0, 0.05) is 4.43 Å². The minimum atomic E-state index is 0.231. The molecular formula is C11H19IO. The summed E-state index contributed by atoms with van der Waals surface area (Å²) in [6, 6.07) is 0. The van der Waals surface area contributed by atoms with E-state index in [4.69, 9.17) is 4.74 Å². The second-order valence-corrected chi connectivity index (χ2v) is 5.76. The lowest BCUT2D eigenvalue weighted by atomic mass is 9.89. The summed E-state index contributed by atoms with van der Waals surface area (Å²) in [5.41, 5.74) is 0.231. The van der Waals surface area contributed by atoms with Crippen molar-refractivity contribution >= 4 is 22.6 Å². The monoisotopic (exact) mass is 294 g/mol. The van der Waals surface area contributed by atoms with Gasteiger partial charge in [-0.15, -0.1) is 0 Å². The highest BCUT2D eigenvalue weighted by Crippen LogP contribution is 2.42. The average Bonchev–Trinajstić information content (AvgIpc) is 2.87. The zero-order chi connectivity index (χ0) is 9.31. The topological polar surface area (TPSA) is 9.23 Å². The predicted octanol–water partition coefficient (Wildman–Crippen LogP) is 3.55. The molecular weight excluding hydrogens is 275 g/mol. The van der Waals surface area contributed by atoms with Gasteiger partial charge in [-0.1, -0.05) is 35.4 Å². The Labute approximate surface area is 94.8 Å². The molecule has 2 atom stereocenters. The Morgan fingerprint density at radius 2 is 2.15 bits per heavy atom. The van der Waals surface area contributed by atoms with Gasteiger partial charge in [0.15, 0.2) is 0 Å². The third-order valence-electron chi connectivity index (χ3n) is 3.27. The Kier molecular flexibility index (Phi) is 3.18. The van der Waals surface area contributed by atoms with Crippen LogP contribution in [0.3, 0.4) is 0 Å². The molecule has 0 amide bonds. The quantitative estimate of drug-likeness (QED) is 0.571. The van der Waals surface area contributed by atoms with Crippen LogP contribution in [0, 0.1) is 5.92 Å². The number of ether oxygens (including phenoxy) is 1. The maximum Gasteiger partial charge on any atom is 0.0671 e. The third kappa shape index (κ3) is 2.82. The number of alkyl halides is 1. The van der Waals surface area contributed by atoms with Gasteiger partial charge in [0.1, 0.15) is 0 Å². The van der Waals surface area contributed by atoms with E-state index in [2.05, 4.69) is 29.5 Å². The van der Waals surface area contributed by atoms with Gasteiger partial charge in [-0.2, -0.15) is 0 Å². The van der Waals surface area contributed by atoms with Crippen LogP contribution in [-0.4, -0.2) is 16.1 Å². The van der Waals surface area contributed by atoms with Crippen LogP contribution < -0.4 is 0 Å². The van der Waals surface area contributed by atoms with Gasteiger partial charge < -0.3 is 4.74 Å². The van der Waals surface area contributed by atoms with E-state index in [-0.39, 0.29) is 5.60 Å². The lowest BCUT2D eigenvalue weighted by Crippen LogP contribution is -2.39. The van der Waals surface area contributed by atoms with Crippen molar-refractivity contribution in [2.45, 2.75) is 57.2 Å². The highest BCUT2D eigenvalue weighted by Gasteiger charge is 2.37. The van der Waals surface area contributed by atoms with Crippen LogP contribution in [0.4, 0.5) is 0 Å². The molecule has 1 saturated carbocycles. The van der Waals surface area contributed by atoms with Crippen molar-refractivity contribution in [1.29, 1.82) is 0 Å². The molecule has 1 heterocycles. The fourth-order valence-electron chi connectivity index (χ4n) is 2.42. The Balaban J connectivity index is 1.87. The van der Waals surface area contributed by atoms with Crippen LogP contribution in [0.5, 0.6) is 0 Å². The van der Waals surface area contributed by atoms with Gasteiger partial charge in [-0.25, -0.2) is 0 Å². The van der Waals surface area contributed by atoms with E-state index < -0.39 is 0 Å². The molecule has 13 heavy (non-hydrogen) atoms. The van der Waals surface area contributed by atoms with E-state index in [0.29, 0.717) is 6.10 Å². The minimum absolute atomic E-state index is 0.231. The highest BCUT2D eigenvalue weighted by molar-refractivity contribution is 14.1. The Bertz CT molecular complexity index is 179. The molecule has 2 aliphatic rings. The molecule has 0 N–H and O–H groups in total. The zero-order valence-electron chi connectivity index (χ0n) is 8.39. The van der Waals surface area contributed by atoms with Crippen LogP contribution in [0.25, 0.3) is 0 Å². The molecule has 2 unspecified atom stereocenters. The number of hydrogen-bond acceptors (Lipinski definition) is 1. The lowest BCUT2D eigenvalue weighted by Gasteiger charge is -2.38. The summed E-state index contributed by atoms with van der Waals surface area (Å²) in [6.45, 7) is 2.32. The molecule has 2 rings (SSSR count). The molecule has 0 aromatic rings. The SMILES string of the molecule is CC1(CC2CC2)CCCC(CI)O1. The van der Waals surface area contributed by atoms with Crippen LogP contribution in [-0.2, 0) is 4.74 Å². The Hall–Kier alpha value is 0.690. The molecule has 0 bridgehead atoms. The second kappa shape index (κ2) is 4.05. The van der Waals surface area contributed by atoms with Crippen LogP contribution in [0.1, 0.15) is 45.4 Å². The summed E-state index contributed by atoms with van der Waals surface area (Å²) in [5.74, 6) is 0.998. The van der Waals surface area contributed by atoms with E-state index >= 15 is 0 Å². The molecule has 0 radical (unpaired) electrons. The van der Waals surface area contributed by atoms with E-state index in [1.165, 1.54) is 38.5 Å². The largest absolute Gasteiger partial charge is 0.371 e. The summed E-state index contributed by atoms with van der Waals surface area (Å²) >= 11 is 2.45. The smallest absolute Gasteiger partial charge is 0.0671 e. The Morgan fingerprint density at radius 1 is 1.38 bits per heavy atom. The Morgan fingerprint density at radius 3 is 2.77 bits per heavy atom. The van der Waals surface area contributed by atoms with E-state index in [0.717, 1.165) is 10.3 Å². The molecule has 2 heteroatoms. The first-order valence-electron chi connectivity index (χ1n) is 5.46. The van der Waals surface area contributed by atoms with Crippen molar-refractivity contribution in [2.75, 3.05) is 4.43 Å². The maximum absolute atomic E-state index is 6.17. The maximum atomic E-state index is 6.17. The zero-order valence-corrected chi connectivity index (χ0v) is 10.5. The first-order valence-corrected chi connectivity index (χ1v) is 6.98. The predicted molar refractivity (Wildman–Crippen MR) is 63.4 cm³/mol. The van der Waals surface area contributed by atoms with Gasteiger partial charge >= 0.3 is 0 Å². The van der Waals surface area contributed by atoms with E-state index in [1.807, 2.05) is 0 Å². The standard InChI is InChI=1S/C11H19IO/c1-11(7-9-4-5-9)6-2-3-10(8-12)13-11/h9-10H,2-8H2,1H3. The molecule has 1 aliphatic carbocycles. The van der Waals surface area contributed by atoms with Crippen molar-refractivity contribution in [3.8, 4) is 0 Å². The molecule has 0 aromatic carbocycles. The molecule has 1 nitrogen and oxygen atoms in total. The van der Waals surface area contributed by atoms with Gasteiger partial charge in [0.2, 0.25) is 0 Å². The summed E-state index contributed by atoms with van der Waals surface area (Å²) in [5, 5.41) is 0. The number of rotatable bonds is 3. The summed E-state index contributed by atoms with van der Waals surface area (Å²) in [7, 11) is 0. The lowest BCUT2D eigenvalue weighted by molar-refractivity contribution is -0.113. The average molecular weight is 294 g/mol. The van der Waals surface area contributed by atoms with Crippen molar-refractivity contribution in [1.82, 2.24) is 0 Å². The number of halogens is 1. The van der Waals surface area contributed by atoms with Crippen molar-refractivity contribution in [3.63, 3.8) is 0 Å². The van der Waals surface area contributed by atoms with E-state index in [9.17, 15) is 0 Å². The molecule has 76 valence electrons. The molecule has 2 fully saturated rings. The normalized spacial score (nSPS) is 40.6. The molecule has 0 spiro atoms. The van der Waals surface area contributed by atoms with Crippen LogP contribution in [0.2, 0.25) is 0 Å². The third-order valence-corrected chi connectivity index (χ3v) is 4.25. The van der Waals surface area contributed by atoms with Crippen molar-refractivity contribution in [3.05, 3.63) is 0 Å². The fraction of sp³-hybridized carbons (Fsp3) is 1.00. The van der Waals surface area contributed by atoms with Crippen LogP contribution in [0.15, 0.2) is 0 Å². The summed E-state index contributed by atoms with van der Waals surface area (Å²) < 4.78 is 7.33.